The summed E-state index contributed by atoms with van der Waals surface area (Å²) in [7, 11) is 8.17. The van der Waals surface area contributed by atoms with Crippen molar-refractivity contribution in [3.8, 4) is 28.7 Å². The number of esters is 1. The Morgan fingerprint density at radius 1 is 0.855 bits per heavy atom. The van der Waals surface area contributed by atoms with Crippen LogP contribution in [0.3, 0.4) is 0 Å². The molecule has 2 heterocycles. The number of hydrogen-bond acceptors (Lipinski definition) is 14. The van der Waals surface area contributed by atoms with E-state index in [1.54, 1.807) is 49.2 Å². The molecule has 4 aromatic rings. The van der Waals surface area contributed by atoms with Gasteiger partial charge in [-0.2, -0.15) is 0 Å². The fraction of sp³-hybridized carbons (Fsp3) is 0.447. The molecule has 17 heteroatoms. The van der Waals surface area contributed by atoms with E-state index in [1.165, 1.54) is 27.7 Å². The molecule has 0 bridgehead atoms. The molecule has 3 N–H and O–H groups in total. The average molecular weight is 766 g/mol. The summed E-state index contributed by atoms with van der Waals surface area (Å²) in [6.45, 7) is 8.49. The quantitative estimate of drug-likeness (QED) is 0.103. The smallest absolute Gasteiger partial charge is 0.410 e. The highest BCUT2D eigenvalue weighted by molar-refractivity contribution is 5.93. The van der Waals surface area contributed by atoms with Crippen molar-refractivity contribution >= 4 is 46.2 Å². The summed E-state index contributed by atoms with van der Waals surface area (Å²) < 4.78 is 38.2. The summed E-state index contributed by atoms with van der Waals surface area (Å²) in [4.78, 5) is 53.4. The molecule has 0 aliphatic carbocycles. The van der Waals surface area contributed by atoms with E-state index in [9.17, 15) is 14.4 Å². The molecule has 2 aromatic carbocycles. The topological polar surface area (TPSA) is 188 Å². The normalized spacial score (nSPS) is 11.2. The first kappa shape index (κ1) is 41.8. The van der Waals surface area contributed by atoms with Gasteiger partial charge < -0.3 is 58.6 Å². The maximum absolute atomic E-state index is 13.0. The van der Waals surface area contributed by atoms with Crippen molar-refractivity contribution in [1.82, 2.24) is 24.8 Å². The van der Waals surface area contributed by atoms with Crippen LogP contribution >= 0.6 is 0 Å². The Balaban J connectivity index is 1.47. The zero-order valence-electron chi connectivity index (χ0n) is 32.9. The van der Waals surface area contributed by atoms with Gasteiger partial charge in [-0.1, -0.05) is 0 Å². The summed E-state index contributed by atoms with van der Waals surface area (Å²) >= 11 is 0. The van der Waals surface area contributed by atoms with E-state index < -0.39 is 17.5 Å². The molecule has 0 saturated carbocycles. The number of aromatic nitrogens is 3. The van der Waals surface area contributed by atoms with Crippen molar-refractivity contribution in [3.63, 3.8) is 0 Å². The third-order valence-corrected chi connectivity index (χ3v) is 7.89. The average Bonchev–Trinajstić information content (AvgIpc) is 3.55. The summed E-state index contributed by atoms with van der Waals surface area (Å²) in [6, 6.07) is 8.18. The second kappa shape index (κ2) is 19.4. The Labute approximate surface area is 320 Å². The molecule has 17 nitrogen and oxygen atoms in total. The number of hydrogen-bond donors (Lipinski definition) is 3. The molecule has 0 unspecified atom stereocenters. The molecule has 0 fully saturated rings. The molecule has 0 radical (unpaired) electrons. The van der Waals surface area contributed by atoms with Gasteiger partial charge in [-0.3, -0.25) is 4.79 Å². The number of aromatic amines is 1. The van der Waals surface area contributed by atoms with Crippen molar-refractivity contribution in [1.29, 1.82) is 0 Å². The van der Waals surface area contributed by atoms with Gasteiger partial charge in [0.2, 0.25) is 5.75 Å². The van der Waals surface area contributed by atoms with E-state index in [0.717, 1.165) is 23.9 Å². The third-order valence-electron chi connectivity index (χ3n) is 7.89. The molecule has 0 saturated heterocycles. The molecule has 0 spiro atoms. The van der Waals surface area contributed by atoms with E-state index >= 15 is 0 Å². The second-order valence-electron chi connectivity index (χ2n) is 13.4. The number of H-pyrrole nitrogens is 1. The van der Waals surface area contributed by atoms with Gasteiger partial charge in [0.15, 0.2) is 36.2 Å². The number of rotatable bonds is 19. The Kier molecular flexibility index (Phi) is 14.7. The van der Waals surface area contributed by atoms with Crippen molar-refractivity contribution < 1.29 is 47.5 Å². The van der Waals surface area contributed by atoms with Gasteiger partial charge >= 0.3 is 12.1 Å². The zero-order valence-corrected chi connectivity index (χ0v) is 32.9. The lowest BCUT2D eigenvalue weighted by atomic mass is 10.2. The van der Waals surface area contributed by atoms with E-state index in [0.29, 0.717) is 53.2 Å². The number of ether oxygens (including phenoxy) is 7. The van der Waals surface area contributed by atoms with Crippen LogP contribution in [0, 0.1) is 0 Å². The van der Waals surface area contributed by atoms with E-state index in [1.807, 2.05) is 34.0 Å². The summed E-state index contributed by atoms with van der Waals surface area (Å²) in [5.41, 5.74) is 2.01. The Morgan fingerprint density at radius 3 is 2.20 bits per heavy atom. The maximum Gasteiger partial charge on any atom is 0.410 e. The second-order valence-corrected chi connectivity index (χ2v) is 13.4. The van der Waals surface area contributed by atoms with Gasteiger partial charge in [0.05, 0.1) is 33.3 Å². The van der Waals surface area contributed by atoms with Crippen LogP contribution in [-0.4, -0.2) is 117 Å². The van der Waals surface area contributed by atoms with Crippen molar-refractivity contribution in [2.24, 2.45) is 0 Å². The molecular formula is C38H51N7O10. The van der Waals surface area contributed by atoms with Gasteiger partial charge in [0.1, 0.15) is 23.4 Å². The number of nitrogens with zero attached hydrogens (tertiary/aromatic N) is 4. The largest absolute Gasteiger partial charge is 0.493 e. The molecule has 4 rings (SSSR count). The van der Waals surface area contributed by atoms with Crippen LogP contribution in [0.4, 0.5) is 22.0 Å². The van der Waals surface area contributed by atoms with Crippen LogP contribution in [0.15, 0.2) is 42.9 Å². The number of benzene rings is 2. The van der Waals surface area contributed by atoms with Crippen LogP contribution in [0.2, 0.25) is 0 Å². The van der Waals surface area contributed by atoms with Gasteiger partial charge in [-0.25, -0.2) is 19.6 Å². The lowest BCUT2D eigenvalue weighted by Crippen LogP contribution is -2.35. The minimum absolute atomic E-state index is 0.189. The fourth-order valence-corrected chi connectivity index (χ4v) is 5.41. The predicted molar refractivity (Wildman–Crippen MR) is 206 cm³/mol. The van der Waals surface area contributed by atoms with E-state index in [-0.39, 0.29) is 37.4 Å². The maximum atomic E-state index is 13.0. The van der Waals surface area contributed by atoms with Crippen LogP contribution < -0.4 is 34.3 Å². The number of fused-ring (bicyclic) bond motifs is 1. The first-order valence-corrected chi connectivity index (χ1v) is 17.6. The summed E-state index contributed by atoms with van der Waals surface area (Å²) in [5, 5.41) is 6.88. The van der Waals surface area contributed by atoms with E-state index in [2.05, 4.69) is 30.5 Å². The molecular weight excluding hydrogens is 714 g/mol. The zero-order chi connectivity index (χ0) is 40.1. The monoisotopic (exact) mass is 765 g/mol. The third kappa shape index (κ3) is 12.0. The van der Waals surface area contributed by atoms with Crippen LogP contribution in [0.1, 0.15) is 39.7 Å². The van der Waals surface area contributed by atoms with Gasteiger partial charge in [-0.05, 0) is 65.4 Å². The molecule has 298 valence electrons. The lowest BCUT2D eigenvalue weighted by Gasteiger charge is -2.25. The van der Waals surface area contributed by atoms with Crippen LogP contribution in [-0.2, 0) is 25.6 Å². The molecule has 2 aromatic heterocycles. The highest BCUT2D eigenvalue weighted by Crippen LogP contribution is 2.40. The molecule has 0 aliphatic rings. The number of methoxy groups -OCH3 is 3. The molecule has 2 amide bonds. The molecule has 0 atom stereocenters. The number of anilines is 3. The van der Waals surface area contributed by atoms with Crippen LogP contribution in [0.25, 0.3) is 11.0 Å². The minimum atomic E-state index is -0.568. The first-order valence-electron chi connectivity index (χ1n) is 17.6. The fourth-order valence-electron chi connectivity index (χ4n) is 5.41. The Hall–Kier alpha value is -5.97. The highest BCUT2D eigenvalue weighted by atomic mass is 16.6. The standard InChI is InChI=1S/C38H51N7O10/c1-10-52-32(47)22-54-28-16-25(12-13-27(28)53-21-31(46)42-26-17-29(49-7)34(51-9)30(18-26)50-8)43-36-33-24(19-39-35(33)40-23-41-36)20-44(5)14-11-15-45(6)37(48)55-38(2,3)4/h12-13,16-19,23H,10-11,14-15,20-22H2,1-9H3,(H,42,46)(H2,39,40,41,43). The van der Waals surface area contributed by atoms with Gasteiger partial charge in [-0.15, -0.1) is 0 Å². The summed E-state index contributed by atoms with van der Waals surface area (Å²) in [5.74, 6) is 1.02. The number of carbonyl (C=O) groups is 3. The minimum Gasteiger partial charge on any atom is -0.493 e. The summed E-state index contributed by atoms with van der Waals surface area (Å²) in [6.07, 6.45) is 3.73. The molecule has 0 aliphatic heterocycles. The SMILES string of the molecule is CCOC(=O)COc1cc(Nc2ncnc3[nH]cc(CN(C)CCCN(C)C(=O)OC(C)(C)C)c23)ccc1OCC(=O)Nc1cc(OC)c(OC)c(OC)c1. The van der Waals surface area contributed by atoms with Crippen molar-refractivity contribution in [3.05, 3.63) is 48.4 Å². The van der Waals surface area contributed by atoms with E-state index in [4.69, 9.17) is 33.2 Å². The molecule has 55 heavy (non-hydrogen) atoms. The first-order chi connectivity index (χ1) is 26.2. The highest BCUT2D eigenvalue weighted by Gasteiger charge is 2.21. The van der Waals surface area contributed by atoms with Crippen molar-refractivity contribution in [2.45, 2.75) is 46.3 Å². The Bertz CT molecular complexity index is 1900. The lowest BCUT2D eigenvalue weighted by molar-refractivity contribution is -0.145. The predicted octanol–water partition coefficient (Wildman–Crippen LogP) is 5.38. The van der Waals surface area contributed by atoms with Gasteiger partial charge in [0, 0.05) is 55.9 Å². The number of amides is 2. The Morgan fingerprint density at radius 2 is 1.55 bits per heavy atom. The van der Waals surface area contributed by atoms with Crippen molar-refractivity contribution in [2.75, 3.05) is 79.0 Å². The number of nitrogens with one attached hydrogen (secondary N) is 3. The van der Waals surface area contributed by atoms with Crippen LogP contribution in [0.5, 0.6) is 28.7 Å². The number of carbonyl (C=O) groups excluding carboxylic acids is 3. The van der Waals surface area contributed by atoms with Gasteiger partial charge in [0.25, 0.3) is 5.91 Å².